The summed E-state index contributed by atoms with van der Waals surface area (Å²) >= 11 is 0. The van der Waals surface area contributed by atoms with Crippen molar-refractivity contribution in [2.24, 2.45) is 11.3 Å². The minimum Gasteiger partial charge on any atom is -0.480 e. The molecule has 1 fully saturated rings. The largest absolute Gasteiger partial charge is 0.480 e. The molecular formula is C12H23NO3. The average Bonchev–Trinajstić information content (AvgIpc) is 2.83. The first-order valence-corrected chi connectivity index (χ1v) is 5.94. The molecule has 1 aliphatic carbocycles. The van der Waals surface area contributed by atoms with E-state index in [1.54, 1.807) is 0 Å². The van der Waals surface area contributed by atoms with Crippen molar-refractivity contribution in [3.63, 3.8) is 0 Å². The van der Waals surface area contributed by atoms with Gasteiger partial charge in [-0.3, -0.25) is 4.79 Å². The number of aliphatic carboxylic acids is 1. The zero-order valence-electron chi connectivity index (χ0n) is 10.4. The van der Waals surface area contributed by atoms with Gasteiger partial charge in [0.15, 0.2) is 0 Å². The second kappa shape index (κ2) is 5.15. The van der Waals surface area contributed by atoms with Crippen molar-refractivity contribution in [3.05, 3.63) is 0 Å². The maximum absolute atomic E-state index is 10.9. The number of nitrogens with one attached hydrogen (secondary N) is 1. The van der Waals surface area contributed by atoms with E-state index in [2.05, 4.69) is 26.1 Å². The maximum atomic E-state index is 10.9. The van der Waals surface area contributed by atoms with Crippen LogP contribution in [0.3, 0.4) is 0 Å². The monoisotopic (exact) mass is 229 g/mol. The molecule has 16 heavy (non-hydrogen) atoms. The summed E-state index contributed by atoms with van der Waals surface area (Å²) in [5.41, 5.74) is 0.0688. The zero-order chi connectivity index (χ0) is 12.3. The number of carbonyl (C=O) groups is 1. The van der Waals surface area contributed by atoms with Crippen LogP contribution in [0, 0.1) is 11.3 Å². The minimum absolute atomic E-state index is 0.0688. The van der Waals surface area contributed by atoms with Crippen molar-refractivity contribution in [2.75, 3.05) is 6.54 Å². The molecule has 94 valence electrons. The predicted molar refractivity (Wildman–Crippen MR) is 62.2 cm³/mol. The SMILES string of the molecule is CC(C)(C)CC(O)CNC(C(=O)O)C1CC1. The first-order valence-electron chi connectivity index (χ1n) is 5.94. The molecule has 0 bridgehead atoms. The van der Waals surface area contributed by atoms with Gasteiger partial charge < -0.3 is 15.5 Å². The van der Waals surface area contributed by atoms with Gasteiger partial charge in [-0.2, -0.15) is 0 Å². The number of rotatable bonds is 6. The lowest BCUT2D eigenvalue weighted by molar-refractivity contribution is -0.140. The van der Waals surface area contributed by atoms with Gasteiger partial charge in [-0.05, 0) is 30.6 Å². The van der Waals surface area contributed by atoms with Gasteiger partial charge in [0.05, 0.1) is 6.10 Å². The molecule has 4 nitrogen and oxygen atoms in total. The normalized spacial score (nSPS) is 20.5. The highest BCUT2D eigenvalue weighted by molar-refractivity contribution is 5.74. The Morgan fingerprint density at radius 3 is 2.38 bits per heavy atom. The van der Waals surface area contributed by atoms with Crippen molar-refractivity contribution in [3.8, 4) is 0 Å². The van der Waals surface area contributed by atoms with E-state index < -0.39 is 18.1 Å². The molecule has 0 aromatic heterocycles. The first-order chi connectivity index (χ1) is 7.29. The van der Waals surface area contributed by atoms with Crippen LogP contribution in [0.25, 0.3) is 0 Å². The lowest BCUT2D eigenvalue weighted by atomic mass is 9.89. The summed E-state index contributed by atoms with van der Waals surface area (Å²) in [6.07, 6.45) is 2.18. The molecule has 0 aliphatic heterocycles. The fraction of sp³-hybridized carbons (Fsp3) is 0.917. The van der Waals surface area contributed by atoms with Crippen molar-refractivity contribution in [1.29, 1.82) is 0 Å². The molecule has 1 saturated carbocycles. The average molecular weight is 229 g/mol. The van der Waals surface area contributed by atoms with Crippen molar-refractivity contribution in [1.82, 2.24) is 5.32 Å². The highest BCUT2D eigenvalue weighted by Gasteiger charge is 2.36. The Morgan fingerprint density at radius 1 is 1.44 bits per heavy atom. The van der Waals surface area contributed by atoms with E-state index in [1.165, 1.54) is 0 Å². The summed E-state index contributed by atoms with van der Waals surface area (Å²) in [5.74, 6) is -0.537. The topological polar surface area (TPSA) is 69.6 Å². The Labute approximate surface area is 97.0 Å². The summed E-state index contributed by atoms with van der Waals surface area (Å²) in [6.45, 7) is 6.55. The number of aliphatic hydroxyl groups excluding tert-OH is 1. The number of hydrogen-bond donors (Lipinski definition) is 3. The molecule has 0 radical (unpaired) electrons. The summed E-state index contributed by atoms with van der Waals surface area (Å²) in [6, 6.07) is -0.477. The van der Waals surface area contributed by atoms with Crippen LogP contribution in [0.15, 0.2) is 0 Å². The molecule has 0 spiro atoms. The standard InChI is InChI=1S/C12H23NO3/c1-12(2,3)6-9(14)7-13-10(11(15)16)8-4-5-8/h8-10,13-14H,4-7H2,1-3H3,(H,15,16). The van der Waals surface area contributed by atoms with E-state index in [0.717, 1.165) is 12.8 Å². The van der Waals surface area contributed by atoms with Crippen LogP contribution >= 0.6 is 0 Å². The molecule has 0 heterocycles. The van der Waals surface area contributed by atoms with Crippen LogP contribution in [0.2, 0.25) is 0 Å². The van der Waals surface area contributed by atoms with E-state index in [4.69, 9.17) is 5.11 Å². The zero-order valence-corrected chi connectivity index (χ0v) is 10.4. The summed E-state index contributed by atoms with van der Waals surface area (Å²) in [7, 11) is 0. The van der Waals surface area contributed by atoms with Gasteiger partial charge in [0.25, 0.3) is 0 Å². The quantitative estimate of drug-likeness (QED) is 0.641. The van der Waals surface area contributed by atoms with Crippen molar-refractivity contribution in [2.45, 2.75) is 52.2 Å². The molecule has 0 aromatic rings. The van der Waals surface area contributed by atoms with Crippen LogP contribution in [-0.2, 0) is 4.79 Å². The van der Waals surface area contributed by atoms with E-state index >= 15 is 0 Å². The van der Waals surface area contributed by atoms with Gasteiger partial charge >= 0.3 is 5.97 Å². The van der Waals surface area contributed by atoms with E-state index in [1.807, 2.05) is 0 Å². The van der Waals surface area contributed by atoms with Crippen molar-refractivity contribution >= 4 is 5.97 Å². The summed E-state index contributed by atoms with van der Waals surface area (Å²) in [4.78, 5) is 10.9. The second-order valence-electron chi connectivity index (χ2n) is 5.98. The Balaban J connectivity index is 2.29. The molecule has 0 aromatic carbocycles. The number of hydrogen-bond acceptors (Lipinski definition) is 3. The first kappa shape index (κ1) is 13.5. The third kappa shape index (κ3) is 4.94. The fourth-order valence-electron chi connectivity index (χ4n) is 1.93. The van der Waals surface area contributed by atoms with Gasteiger partial charge in [-0.25, -0.2) is 0 Å². The highest BCUT2D eigenvalue weighted by Crippen LogP contribution is 2.32. The number of carboxylic acid groups (broad SMARTS) is 1. The Morgan fingerprint density at radius 2 is 2.00 bits per heavy atom. The van der Waals surface area contributed by atoms with Gasteiger partial charge in [-0.1, -0.05) is 20.8 Å². The third-order valence-corrected chi connectivity index (χ3v) is 2.78. The van der Waals surface area contributed by atoms with Crippen LogP contribution in [-0.4, -0.2) is 34.9 Å². The summed E-state index contributed by atoms with van der Waals surface area (Å²) in [5, 5.41) is 21.7. The third-order valence-electron chi connectivity index (χ3n) is 2.78. The lowest BCUT2D eigenvalue weighted by Crippen LogP contribution is -2.43. The molecule has 3 N–H and O–H groups in total. The van der Waals surface area contributed by atoms with Crippen LogP contribution in [0.5, 0.6) is 0 Å². The van der Waals surface area contributed by atoms with Crippen LogP contribution < -0.4 is 5.32 Å². The molecule has 2 unspecified atom stereocenters. The Hall–Kier alpha value is -0.610. The summed E-state index contributed by atoms with van der Waals surface area (Å²) < 4.78 is 0. The molecule has 0 amide bonds. The Bertz CT molecular complexity index is 243. The predicted octanol–water partition coefficient (Wildman–Crippen LogP) is 1.24. The molecular weight excluding hydrogens is 206 g/mol. The smallest absolute Gasteiger partial charge is 0.320 e. The molecule has 0 saturated heterocycles. The minimum atomic E-state index is -0.801. The number of aliphatic hydroxyl groups is 1. The molecule has 4 heteroatoms. The number of carboxylic acids is 1. The lowest BCUT2D eigenvalue weighted by Gasteiger charge is -2.23. The molecule has 1 aliphatic rings. The van der Waals surface area contributed by atoms with E-state index in [9.17, 15) is 9.90 Å². The van der Waals surface area contributed by atoms with E-state index in [-0.39, 0.29) is 11.3 Å². The highest BCUT2D eigenvalue weighted by atomic mass is 16.4. The van der Waals surface area contributed by atoms with Gasteiger partial charge in [0.1, 0.15) is 6.04 Å². The van der Waals surface area contributed by atoms with Gasteiger partial charge in [0.2, 0.25) is 0 Å². The van der Waals surface area contributed by atoms with Crippen molar-refractivity contribution < 1.29 is 15.0 Å². The molecule has 1 rings (SSSR count). The van der Waals surface area contributed by atoms with E-state index in [0.29, 0.717) is 13.0 Å². The Kier molecular flexibility index (Phi) is 4.33. The van der Waals surface area contributed by atoms with Crippen LogP contribution in [0.1, 0.15) is 40.0 Å². The second-order valence-corrected chi connectivity index (χ2v) is 5.98. The maximum Gasteiger partial charge on any atom is 0.320 e. The fourth-order valence-corrected chi connectivity index (χ4v) is 1.93. The van der Waals surface area contributed by atoms with Gasteiger partial charge in [0, 0.05) is 6.54 Å². The van der Waals surface area contributed by atoms with Crippen LogP contribution in [0.4, 0.5) is 0 Å². The van der Waals surface area contributed by atoms with Gasteiger partial charge in [-0.15, -0.1) is 0 Å². The molecule has 2 atom stereocenters.